The second-order valence-electron chi connectivity index (χ2n) is 4.20. The SMILES string of the molecule is Nc1cccc(OCc2nc3cc(F)cc(Cl)c3o2)c1. The van der Waals surface area contributed by atoms with Gasteiger partial charge in [0.05, 0.1) is 5.02 Å². The summed E-state index contributed by atoms with van der Waals surface area (Å²) < 4.78 is 24.1. The van der Waals surface area contributed by atoms with E-state index in [0.29, 0.717) is 28.4 Å². The zero-order chi connectivity index (χ0) is 14.1. The third-order valence-electron chi connectivity index (χ3n) is 2.67. The number of nitrogens with zero attached hydrogens (tertiary/aromatic N) is 1. The van der Waals surface area contributed by atoms with Crippen LogP contribution in [0.3, 0.4) is 0 Å². The highest BCUT2D eigenvalue weighted by atomic mass is 35.5. The molecule has 0 saturated heterocycles. The number of benzene rings is 2. The Morgan fingerprint density at radius 3 is 2.95 bits per heavy atom. The van der Waals surface area contributed by atoms with Crippen molar-refractivity contribution in [3.63, 3.8) is 0 Å². The fourth-order valence-electron chi connectivity index (χ4n) is 1.82. The maximum Gasteiger partial charge on any atom is 0.233 e. The van der Waals surface area contributed by atoms with Crippen LogP contribution in [0, 0.1) is 5.82 Å². The van der Waals surface area contributed by atoms with E-state index in [2.05, 4.69) is 4.98 Å². The molecule has 1 aromatic heterocycles. The molecule has 0 saturated carbocycles. The smallest absolute Gasteiger partial charge is 0.233 e. The van der Waals surface area contributed by atoms with Crippen molar-refractivity contribution in [3.05, 3.63) is 53.1 Å². The number of nitrogens with two attached hydrogens (primary N) is 1. The van der Waals surface area contributed by atoms with Crippen molar-refractivity contribution < 1.29 is 13.5 Å². The normalized spacial score (nSPS) is 10.9. The van der Waals surface area contributed by atoms with Crippen molar-refractivity contribution in [1.82, 2.24) is 4.98 Å². The monoisotopic (exact) mass is 292 g/mol. The molecule has 0 unspecified atom stereocenters. The van der Waals surface area contributed by atoms with Crippen molar-refractivity contribution in [1.29, 1.82) is 0 Å². The van der Waals surface area contributed by atoms with Crippen molar-refractivity contribution in [2.75, 3.05) is 5.73 Å². The molecule has 3 aromatic rings. The summed E-state index contributed by atoms with van der Waals surface area (Å²) in [4.78, 5) is 4.12. The second-order valence-corrected chi connectivity index (χ2v) is 4.61. The minimum absolute atomic E-state index is 0.107. The first-order chi connectivity index (χ1) is 9.61. The number of anilines is 1. The van der Waals surface area contributed by atoms with E-state index in [1.807, 2.05) is 0 Å². The Kier molecular flexibility index (Phi) is 3.20. The van der Waals surface area contributed by atoms with E-state index in [0.717, 1.165) is 0 Å². The summed E-state index contributed by atoms with van der Waals surface area (Å²) in [5, 5.41) is 0.183. The van der Waals surface area contributed by atoms with Crippen LogP contribution in [0.4, 0.5) is 10.1 Å². The number of hydrogen-bond donors (Lipinski definition) is 1. The molecule has 2 aromatic carbocycles. The number of halogens is 2. The van der Waals surface area contributed by atoms with E-state index in [4.69, 9.17) is 26.5 Å². The molecule has 6 heteroatoms. The highest BCUT2D eigenvalue weighted by molar-refractivity contribution is 6.34. The van der Waals surface area contributed by atoms with E-state index in [-0.39, 0.29) is 11.6 Å². The molecule has 0 fully saturated rings. The molecule has 0 radical (unpaired) electrons. The fraction of sp³-hybridized carbons (Fsp3) is 0.0714. The molecule has 0 aliphatic rings. The molecule has 0 atom stereocenters. The number of ether oxygens (including phenoxy) is 1. The minimum Gasteiger partial charge on any atom is -0.484 e. The number of hydrogen-bond acceptors (Lipinski definition) is 4. The van der Waals surface area contributed by atoms with Gasteiger partial charge >= 0.3 is 0 Å². The molecule has 0 aliphatic heterocycles. The molecule has 3 rings (SSSR count). The summed E-state index contributed by atoms with van der Waals surface area (Å²) in [7, 11) is 0. The van der Waals surface area contributed by atoms with E-state index in [1.165, 1.54) is 12.1 Å². The fourth-order valence-corrected chi connectivity index (χ4v) is 2.06. The first-order valence-corrected chi connectivity index (χ1v) is 6.22. The van der Waals surface area contributed by atoms with Crippen LogP contribution in [0.1, 0.15) is 5.89 Å². The van der Waals surface area contributed by atoms with E-state index < -0.39 is 5.82 Å². The molecular formula is C14H10ClFN2O2. The number of aromatic nitrogens is 1. The minimum atomic E-state index is -0.459. The van der Waals surface area contributed by atoms with E-state index in [1.54, 1.807) is 24.3 Å². The second kappa shape index (κ2) is 5.02. The summed E-state index contributed by atoms with van der Waals surface area (Å²) in [6, 6.07) is 9.44. The lowest BCUT2D eigenvalue weighted by Gasteiger charge is -2.03. The largest absolute Gasteiger partial charge is 0.484 e. The van der Waals surface area contributed by atoms with Crippen LogP contribution in [0.2, 0.25) is 5.02 Å². The zero-order valence-corrected chi connectivity index (χ0v) is 11.0. The lowest BCUT2D eigenvalue weighted by Crippen LogP contribution is -1.96. The van der Waals surface area contributed by atoms with Crippen LogP contribution in [0.25, 0.3) is 11.1 Å². The van der Waals surface area contributed by atoms with Gasteiger partial charge < -0.3 is 14.9 Å². The summed E-state index contributed by atoms with van der Waals surface area (Å²) in [5.41, 5.74) is 6.96. The highest BCUT2D eigenvalue weighted by Crippen LogP contribution is 2.26. The molecule has 2 N–H and O–H groups in total. The number of nitrogen functional groups attached to an aromatic ring is 1. The lowest BCUT2D eigenvalue weighted by molar-refractivity contribution is 0.267. The molecule has 1 heterocycles. The van der Waals surface area contributed by atoms with E-state index >= 15 is 0 Å². The Bertz CT molecular complexity index is 773. The van der Waals surface area contributed by atoms with Crippen LogP contribution in [-0.2, 0) is 6.61 Å². The molecule has 4 nitrogen and oxygen atoms in total. The van der Waals surface area contributed by atoms with E-state index in [9.17, 15) is 4.39 Å². The average molecular weight is 293 g/mol. The highest BCUT2D eigenvalue weighted by Gasteiger charge is 2.11. The third kappa shape index (κ3) is 2.53. The number of rotatable bonds is 3. The zero-order valence-electron chi connectivity index (χ0n) is 10.3. The molecule has 20 heavy (non-hydrogen) atoms. The molecule has 102 valence electrons. The third-order valence-corrected chi connectivity index (χ3v) is 2.95. The van der Waals surface area contributed by atoms with Crippen molar-refractivity contribution in [3.8, 4) is 5.75 Å². The van der Waals surface area contributed by atoms with Crippen LogP contribution in [0.5, 0.6) is 5.75 Å². The molecule has 0 aliphatic carbocycles. The van der Waals surface area contributed by atoms with Gasteiger partial charge in [-0.15, -0.1) is 0 Å². The number of oxazole rings is 1. The van der Waals surface area contributed by atoms with Gasteiger partial charge in [0, 0.05) is 17.8 Å². The maximum absolute atomic E-state index is 13.2. The van der Waals surface area contributed by atoms with Crippen LogP contribution >= 0.6 is 11.6 Å². The van der Waals surface area contributed by atoms with Crippen LogP contribution in [0.15, 0.2) is 40.8 Å². The van der Waals surface area contributed by atoms with Gasteiger partial charge in [0.1, 0.15) is 17.1 Å². The van der Waals surface area contributed by atoms with Crippen LogP contribution in [-0.4, -0.2) is 4.98 Å². The Morgan fingerprint density at radius 1 is 1.30 bits per heavy atom. The Hall–Kier alpha value is -2.27. The maximum atomic E-state index is 13.2. The van der Waals surface area contributed by atoms with Crippen LogP contribution < -0.4 is 10.5 Å². The van der Waals surface area contributed by atoms with Gasteiger partial charge in [-0.05, 0) is 18.2 Å². The molecule has 0 bridgehead atoms. The van der Waals surface area contributed by atoms with Gasteiger partial charge in [0.15, 0.2) is 12.2 Å². The molecule has 0 amide bonds. The van der Waals surface area contributed by atoms with Gasteiger partial charge in [-0.1, -0.05) is 17.7 Å². The topological polar surface area (TPSA) is 61.3 Å². The van der Waals surface area contributed by atoms with Gasteiger partial charge in [0.25, 0.3) is 0 Å². The summed E-state index contributed by atoms with van der Waals surface area (Å²) in [5.74, 6) is 0.457. The predicted octanol–water partition coefficient (Wildman–Crippen LogP) is 3.78. The first kappa shape index (κ1) is 12.7. The van der Waals surface area contributed by atoms with Gasteiger partial charge in [-0.25, -0.2) is 9.37 Å². The standard InChI is InChI=1S/C14H10ClFN2O2/c15-11-4-8(16)5-12-14(11)20-13(18-12)7-19-10-3-1-2-9(17)6-10/h1-6H,7,17H2. The van der Waals surface area contributed by atoms with Crippen molar-refractivity contribution in [2.45, 2.75) is 6.61 Å². The van der Waals surface area contributed by atoms with Crippen molar-refractivity contribution in [2.24, 2.45) is 0 Å². The molecule has 0 spiro atoms. The van der Waals surface area contributed by atoms with Gasteiger partial charge in [-0.3, -0.25) is 0 Å². The predicted molar refractivity (Wildman–Crippen MR) is 74.2 cm³/mol. The number of fused-ring (bicyclic) bond motifs is 1. The average Bonchev–Trinajstić information content (AvgIpc) is 2.80. The first-order valence-electron chi connectivity index (χ1n) is 5.84. The lowest BCUT2D eigenvalue weighted by atomic mass is 10.3. The van der Waals surface area contributed by atoms with Gasteiger partial charge in [-0.2, -0.15) is 0 Å². The van der Waals surface area contributed by atoms with Gasteiger partial charge in [0.2, 0.25) is 5.89 Å². The Balaban J connectivity index is 1.83. The Morgan fingerprint density at radius 2 is 2.15 bits per heavy atom. The van der Waals surface area contributed by atoms with Crippen molar-refractivity contribution >= 4 is 28.4 Å². The quantitative estimate of drug-likeness (QED) is 0.746. The Labute approximate surface area is 118 Å². The molecular weight excluding hydrogens is 283 g/mol. The summed E-state index contributed by atoms with van der Waals surface area (Å²) >= 11 is 5.88. The summed E-state index contributed by atoms with van der Waals surface area (Å²) in [6.07, 6.45) is 0. The summed E-state index contributed by atoms with van der Waals surface area (Å²) in [6.45, 7) is 0.107.